The highest BCUT2D eigenvalue weighted by Gasteiger charge is 2.26. The molecule has 2 aromatic carbocycles. The van der Waals surface area contributed by atoms with Crippen molar-refractivity contribution in [1.82, 2.24) is 0 Å². The van der Waals surface area contributed by atoms with Crippen LogP contribution >= 0.6 is 0 Å². The molecule has 1 aromatic heterocycles. The van der Waals surface area contributed by atoms with Crippen molar-refractivity contribution in [2.75, 3.05) is 14.2 Å². The van der Waals surface area contributed by atoms with Gasteiger partial charge in [-0.15, -0.1) is 0 Å². The van der Waals surface area contributed by atoms with E-state index in [1.807, 2.05) is 0 Å². The van der Waals surface area contributed by atoms with E-state index in [9.17, 15) is 25.2 Å². The molecule has 0 radical (unpaired) electrons. The standard InChI is InChI=1S/C17H14O8/c1-23-16-14(22)13(21)12-9(20)6-10(25-15(12)17(16)24-2)11-7(18)4-3-5-8(11)19/h3-6,18-19,21-22H,1-2H3. The fourth-order valence-corrected chi connectivity index (χ4v) is 2.59. The van der Waals surface area contributed by atoms with E-state index in [-0.39, 0.29) is 45.3 Å². The van der Waals surface area contributed by atoms with Gasteiger partial charge in [-0.25, -0.2) is 0 Å². The number of methoxy groups -OCH3 is 2. The summed E-state index contributed by atoms with van der Waals surface area (Å²) in [7, 11) is 2.50. The first kappa shape index (κ1) is 16.3. The lowest BCUT2D eigenvalue weighted by molar-refractivity contribution is 0.321. The van der Waals surface area contributed by atoms with Crippen LogP contribution in [0.2, 0.25) is 0 Å². The SMILES string of the molecule is COc1c(O)c(O)c2c(=O)cc(-c3c(O)cccc3O)oc2c1OC. The summed E-state index contributed by atoms with van der Waals surface area (Å²) in [5.74, 6) is -2.52. The number of hydrogen-bond acceptors (Lipinski definition) is 8. The third kappa shape index (κ3) is 2.35. The van der Waals surface area contributed by atoms with Crippen molar-refractivity contribution in [2.24, 2.45) is 0 Å². The molecule has 0 spiro atoms. The highest BCUT2D eigenvalue weighted by Crippen LogP contribution is 2.49. The third-order valence-corrected chi connectivity index (χ3v) is 3.71. The molecule has 0 aliphatic rings. The number of fused-ring (bicyclic) bond motifs is 1. The van der Waals surface area contributed by atoms with E-state index >= 15 is 0 Å². The predicted molar refractivity (Wildman–Crippen MR) is 87.7 cm³/mol. The summed E-state index contributed by atoms with van der Waals surface area (Å²) in [5, 5.41) is 39.7. The van der Waals surface area contributed by atoms with Crippen LogP contribution in [0.1, 0.15) is 0 Å². The minimum Gasteiger partial charge on any atom is -0.507 e. The van der Waals surface area contributed by atoms with Crippen molar-refractivity contribution in [3.63, 3.8) is 0 Å². The normalized spacial score (nSPS) is 10.8. The van der Waals surface area contributed by atoms with Gasteiger partial charge in [0.1, 0.15) is 28.2 Å². The van der Waals surface area contributed by atoms with Crippen LogP contribution in [0.3, 0.4) is 0 Å². The summed E-state index contributed by atoms with van der Waals surface area (Å²) >= 11 is 0. The van der Waals surface area contributed by atoms with Gasteiger partial charge in [0.05, 0.1) is 14.2 Å². The Morgan fingerprint density at radius 3 is 2.08 bits per heavy atom. The van der Waals surface area contributed by atoms with Crippen molar-refractivity contribution >= 4 is 11.0 Å². The predicted octanol–water partition coefficient (Wildman–Crippen LogP) is 2.30. The first-order chi connectivity index (χ1) is 11.9. The molecular formula is C17H14O8. The monoisotopic (exact) mass is 346 g/mol. The van der Waals surface area contributed by atoms with Crippen LogP contribution in [0.5, 0.6) is 34.5 Å². The summed E-state index contributed by atoms with van der Waals surface area (Å²) in [6, 6.07) is 5.01. The second-order valence-electron chi connectivity index (χ2n) is 5.11. The second kappa shape index (κ2) is 5.82. The summed E-state index contributed by atoms with van der Waals surface area (Å²) < 4.78 is 15.7. The lowest BCUT2D eigenvalue weighted by atomic mass is 10.1. The number of benzene rings is 2. The van der Waals surface area contributed by atoms with Crippen LogP contribution in [-0.4, -0.2) is 34.6 Å². The molecule has 3 rings (SSSR count). The Kier molecular flexibility index (Phi) is 3.80. The topological polar surface area (TPSA) is 130 Å². The molecule has 0 fully saturated rings. The van der Waals surface area contributed by atoms with E-state index in [1.54, 1.807) is 0 Å². The van der Waals surface area contributed by atoms with Gasteiger partial charge in [0.2, 0.25) is 17.2 Å². The molecule has 0 saturated heterocycles. The molecule has 3 aromatic rings. The minimum atomic E-state index is -0.727. The van der Waals surface area contributed by atoms with Gasteiger partial charge in [-0.3, -0.25) is 4.79 Å². The van der Waals surface area contributed by atoms with Crippen LogP contribution in [0.25, 0.3) is 22.3 Å². The molecule has 0 atom stereocenters. The van der Waals surface area contributed by atoms with Crippen molar-refractivity contribution in [1.29, 1.82) is 0 Å². The maximum absolute atomic E-state index is 12.4. The summed E-state index contributed by atoms with van der Waals surface area (Å²) in [6.07, 6.45) is 0. The van der Waals surface area contributed by atoms with Gasteiger partial charge >= 0.3 is 0 Å². The molecule has 130 valence electrons. The van der Waals surface area contributed by atoms with Crippen LogP contribution in [0.15, 0.2) is 33.5 Å². The summed E-state index contributed by atoms with van der Waals surface area (Å²) in [5.41, 5.74) is -1.03. The average Bonchev–Trinajstić information content (AvgIpc) is 2.57. The van der Waals surface area contributed by atoms with Crippen molar-refractivity contribution < 1.29 is 34.3 Å². The molecule has 0 bridgehead atoms. The number of aromatic hydroxyl groups is 4. The Morgan fingerprint density at radius 2 is 1.52 bits per heavy atom. The highest BCUT2D eigenvalue weighted by atomic mass is 16.5. The Morgan fingerprint density at radius 1 is 0.920 bits per heavy atom. The lowest BCUT2D eigenvalue weighted by Crippen LogP contribution is -2.03. The zero-order valence-corrected chi connectivity index (χ0v) is 13.2. The summed E-state index contributed by atoms with van der Waals surface area (Å²) in [6.45, 7) is 0. The van der Waals surface area contributed by atoms with Gasteiger partial charge in [-0.1, -0.05) is 6.07 Å². The van der Waals surface area contributed by atoms with E-state index in [0.717, 1.165) is 6.07 Å². The second-order valence-corrected chi connectivity index (χ2v) is 5.11. The molecule has 8 nitrogen and oxygen atoms in total. The molecule has 1 heterocycles. The third-order valence-electron chi connectivity index (χ3n) is 3.71. The van der Waals surface area contributed by atoms with E-state index in [0.29, 0.717) is 0 Å². The molecule has 8 heteroatoms. The quantitative estimate of drug-likeness (QED) is 0.532. The smallest absolute Gasteiger partial charge is 0.211 e. The number of phenols is 4. The zero-order valence-electron chi connectivity index (χ0n) is 13.2. The fourth-order valence-electron chi connectivity index (χ4n) is 2.59. The maximum Gasteiger partial charge on any atom is 0.211 e. The number of hydrogen-bond donors (Lipinski definition) is 4. The van der Waals surface area contributed by atoms with Crippen molar-refractivity contribution in [2.45, 2.75) is 0 Å². The average molecular weight is 346 g/mol. The van der Waals surface area contributed by atoms with Gasteiger partial charge in [-0.05, 0) is 12.1 Å². The number of ether oxygens (including phenoxy) is 2. The molecule has 0 amide bonds. The Bertz CT molecular complexity index is 1010. The molecule has 4 N–H and O–H groups in total. The lowest BCUT2D eigenvalue weighted by Gasteiger charge is -2.14. The molecule has 0 aliphatic heterocycles. The Hall–Kier alpha value is -3.55. The van der Waals surface area contributed by atoms with Gasteiger partial charge in [-0.2, -0.15) is 0 Å². The Balaban J connectivity index is 2.48. The van der Waals surface area contributed by atoms with E-state index in [1.165, 1.54) is 32.4 Å². The first-order valence-electron chi connectivity index (χ1n) is 7.05. The van der Waals surface area contributed by atoms with Crippen LogP contribution < -0.4 is 14.9 Å². The highest BCUT2D eigenvalue weighted by molar-refractivity contribution is 5.95. The van der Waals surface area contributed by atoms with Gasteiger partial charge in [0, 0.05) is 6.07 Å². The zero-order chi connectivity index (χ0) is 18.3. The fraction of sp³-hybridized carbons (Fsp3) is 0.118. The minimum absolute atomic E-state index is 0.102. The van der Waals surface area contributed by atoms with E-state index < -0.39 is 16.9 Å². The number of phenolic OH excluding ortho intramolecular Hbond substituents is 4. The van der Waals surface area contributed by atoms with Gasteiger partial charge in [0.15, 0.2) is 16.8 Å². The Labute approximate surface area is 140 Å². The molecule has 0 saturated carbocycles. The number of rotatable bonds is 3. The molecule has 0 aliphatic carbocycles. The van der Waals surface area contributed by atoms with Gasteiger partial charge < -0.3 is 34.3 Å². The largest absolute Gasteiger partial charge is 0.507 e. The summed E-state index contributed by atoms with van der Waals surface area (Å²) in [4.78, 5) is 12.4. The molecule has 25 heavy (non-hydrogen) atoms. The van der Waals surface area contributed by atoms with Crippen molar-refractivity contribution in [3.05, 3.63) is 34.5 Å². The van der Waals surface area contributed by atoms with Crippen LogP contribution in [0.4, 0.5) is 0 Å². The molecular weight excluding hydrogens is 332 g/mol. The van der Waals surface area contributed by atoms with E-state index in [4.69, 9.17) is 13.9 Å². The van der Waals surface area contributed by atoms with Crippen molar-refractivity contribution in [3.8, 4) is 45.8 Å². The van der Waals surface area contributed by atoms with Crippen LogP contribution in [-0.2, 0) is 0 Å². The maximum atomic E-state index is 12.4. The van der Waals surface area contributed by atoms with E-state index in [2.05, 4.69) is 0 Å². The van der Waals surface area contributed by atoms with Crippen LogP contribution in [0, 0.1) is 0 Å². The molecule has 0 unspecified atom stereocenters. The first-order valence-corrected chi connectivity index (χ1v) is 7.05. The van der Waals surface area contributed by atoms with Gasteiger partial charge in [0.25, 0.3) is 0 Å².